The summed E-state index contributed by atoms with van der Waals surface area (Å²) in [6, 6.07) is 10.8. The Bertz CT molecular complexity index is 771. The minimum Gasteiger partial charge on any atom is -0.503 e. The van der Waals surface area contributed by atoms with Crippen molar-refractivity contribution in [2.45, 2.75) is 33.3 Å². The summed E-state index contributed by atoms with van der Waals surface area (Å²) < 4.78 is 15.8. The molecule has 0 saturated heterocycles. The van der Waals surface area contributed by atoms with Crippen molar-refractivity contribution in [3.63, 3.8) is 0 Å². The number of pyridine rings is 1. The predicted molar refractivity (Wildman–Crippen MR) is 116 cm³/mol. The number of methoxy groups -OCH3 is 1. The minimum atomic E-state index is -0.502. The number of hydrogen-bond donors (Lipinski definition) is 2. The highest BCUT2D eigenvalue weighted by atomic mass is 32.1. The lowest BCUT2D eigenvalue weighted by Gasteiger charge is -2.15. The van der Waals surface area contributed by atoms with Crippen LogP contribution in [0.25, 0.3) is 0 Å². The molecule has 1 unspecified atom stereocenters. The van der Waals surface area contributed by atoms with E-state index in [-0.39, 0.29) is 41.4 Å². The number of aromatic nitrogens is 1. The van der Waals surface area contributed by atoms with Gasteiger partial charge in [-0.25, -0.2) is 4.98 Å². The number of carbonyl (C=O) groups is 1. The van der Waals surface area contributed by atoms with Gasteiger partial charge in [-0.3, -0.25) is 4.79 Å². The Labute approximate surface area is 177 Å². The van der Waals surface area contributed by atoms with Crippen LogP contribution in [0.1, 0.15) is 32.9 Å². The molecule has 0 saturated carbocycles. The van der Waals surface area contributed by atoms with E-state index in [0.29, 0.717) is 5.75 Å². The first-order chi connectivity index (χ1) is 13.9. The van der Waals surface area contributed by atoms with Crippen LogP contribution in [0.4, 0.5) is 0 Å². The SMILES string of the molecule is CCC.COc1ccnc(C(=S)NCC(=O)OCC(C)Oc2ccccc2)c1O. The maximum Gasteiger partial charge on any atom is 0.325 e. The summed E-state index contributed by atoms with van der Waals surface area (Å²) >= 11 is 5.13. The van der Waals surface area contributed by atoms with Crippen molar-refractivity contribution in [3.8, 4) is 17.2 Å². The van der Waals surface area contributed by atoms with E-state index < -0.39 is 5.97 Å². The molecule has 0 bridgehead atoms. The molecule has 1 atom stereocenters. The van der Waals surface area contributed by atoms with Gasteiger partial charge < -0.3 is 24.6 Å². The van der Waals surface area contributed by atoms with Gasteiger partial charge in [0.05, 0.1) is 7.11 Å². The lowest BCUT2D eigenvalue weighted by molar-refractivity contribution is -0.144. The maximum atomic E-state index is 11.8. The van der Waals surface area contributed by atoms with E-state index in [9.17, 15) is 9.90 Å². The zero-order chi connectivity index (χ0) is 21.6. The molecule has 1 aromatic heterocycles. The Hall–Kier alpha value is -2.87. The largest absolute Gasteiger partial charge is 0.503 e. The summed E-state index contributed by atoms with van der Waals surface area (Å²) in [5, 5.41) is 12.7. The van der Waals surface area contributed by atoms with Gasteiger partial charge in [-0.2, -0.15) is 0 Å². The van der Waals surface area contributed by atoms with Gasteiger partial charge in [0.1, 0.15) is 35.7 Å². The second kappa shape index (κ2) is 13.3. The van der Waals surface area contributed by atoms with Crippen LogP contribution in [-0.4, -0.2) is 47.4 Å². The van der Waals surface area contributed by atoms with Crippen LogP contribution in [-0.2, 0) is 9.53 Å². The molecule has 0 radical (unpaired) electrons. The van der Waals surface area contributed by atoms with Crippen molar-refractivity contribution < 1.29 is 24.1 Å². The highest BCUT2D eigenvalue weighted by Crippen LogP contribution is 2.27. The summed E-state index contributed by atoms with van der Waals surface area (Å²) in [5.41, 5.74) is 0.132. The molecule has 0 fully saturated rings. The fourth-order valence-electron chi connectivity index (χ4n) is 2.03. The molecule has 1 aromatic carbocycles. The molecule has 29 heavy (non-hydrogen) atoms. The van der Waals surface area contributed by atoms with Crippen LogP contribution in [0, 0.1) is 0 Å². The second-order valence-corrected chi connectivity index (χ2v) is 6.43. The first kappa shape index (κ1) is 24.2. The van der Waals surface area contributed by atoms with Crippen LogP contribution < -0.4 is 14.8 Å². The summed E-state index contributed by atoms with van der Waals surface area (Å²) in [6.45, 7) is 6.00. The molecule has 1 heterocycles. The summed E-state index contributed by atoms with van der Waals surface area (Å²) in [7, 11) is 1.42. The molecule has 2 rings (SSSR count). The van der Waals surface area contributed by atoms with Gasteiger partial charge in [-0.05, 0) is 19.1 Å². The van der Waals surface area contributed by atoms with Crippen LogP contribution in [0.2, 0.25) is 0 Å². The van der Waals surface area contributed by atoms with Crippen molar-refractivity contribution in [1.29, 1.82) is 0 Å². The number of nitrogens with zero attached hydrogens (tertiary/aromatic N) is 1. The minimum absolute atomic E-state index is 0.102. The van der Waals surface area contributed by atoms with Crippen molar-refractivity contribution in [3.05, 3.63) is 48.3 Å². The van der Waals surface area contributed by atoms with E-state index in [4.69, 9.17) is 26.4 Å². The number of ether oxygens (including phenoxy) is 3. The van der Waals surface area contributed by atoms with E-state index in [2.05, 4.69) is 24.1 Å². The molecule has 0 aliphatic heterocycles. The number of hydrogen-bond acceptors (Lipinski definition) is 7. The zero-order valence-corrected chi connectivity index (χ0v) is 18.0. The third-order valence-electron chi connectivity index (χ3n) is 3.28. The Balaban J connectivity index is 0.00000132. The summed E-state index contributed by atoms with van der Waals surface area (Å²) in [5.74, 6) is 0.257. The zero-order valence-electron chi connectivity index (χ0n) is 17.2. The molecule has 0 aliphatic carbocycles. The Morgan fingerprint density at radius 3 is 2.52 bits per heavy atom. The standard InChI is InChI=1S/C18H20N2O5S.C3H8/c1-12(25-13-6-4-3-5-7-13)11-24-15(21)10-20-18(26)16-17(22)14(23-2)8-9-19-16;1-3-2/h3-9,12,22H,10-11H2,1-2H3,(H,20,26);3H2,1-2H3. The van der Waals surface area contributed by atoms with Crippen LogP contribution in [0.5, 0.6) is 17.2 Å². The van der Waals surface area contributed by atoms with E-state index in [1.54, 1.807) is 6.92 Å². The van der Waals surface area contributed by atoms with Gasteiger partial charge >= 0.3 is 5.97 Å². The van der Waals surface area contributed by atoms with Crippen LogP contribution in [0.3, 0.4) is 0 Å². The first-order valence-electron chi connectivity index (χ1n) is 9.30. The van der Waals surface area contributed by atoms with Crippen molar-refractivity contribution in [2.24, 2.45) is 0 Å². The van der Waals surface area contributed by atoms with Crippen LogP contribution in [0.15, 0.2) is 42.6 Å². The van der Waals surface area contributed by atoms with E-state index >= 15 is 0 Å². The van der Waals surface area contributed by atoms with Crippen molar-refractivity contribution >= 4 is 23.2 Å². The smallest absolute Gasteiger partial charge is 0.325 e. The lowest BCUT2D eigenvalue weighted by Crippen LogP contribution is -2.32. The molecule has 0 aliphatic rings. The highest BCUT2D eigenvalue weighted by molar-refractivity contribution is 7.80. The third kappa shape index (κ3) is 8.78. The third-order valence-corrected chi connectivity index (χ3v) is 3.61. The maximum absolute atomic E-state index is 11.8. The van der Waals surface area contributed by atoms with E-state index in [1.165, 1.54) is 25.8 Å². The average molecular weight is 421 g/mol. The molecule has 0 amide bonds. The van der Waals surface area contributed by atoms with Gasteiger partial charge in [0.2, 0.25) is 0 Å². The number of thiocarbonyl (C=S) groups is 1. The van der Waals surface area contributed by atoms with Gasteiger partial charge in [-0.15, -0.1) is 0 Å². The number of carbonyl (C=O) groups excluding carboxylic acids is 1. The van der Waals surface area contributed by atoms with Gasteiger partial charge in [-0.1, -0.05) is 50.7 Å². The normalized spacial score (nSPS) is 10.8. The summed E-state index contributed by atoms with van der Waals surface area (Å²) in [4.78, 5) is 15.9. The molecule has 2 N–H and O–H groups in total. The predicted octanol–water partition coefficient (Wildman–Crippen LogP) is 3.49. The number of esters is 1. The number of aromatic hydroxyl groups is 1. The fraction of sp³-hybridized carbons (Fsp3) is 0.381. The Morgan fingerprint density at radius 1 is 1.24 bits per heavy atom. The number of rotatable bonds is 8. The molecule has 0 spiro atoms. The van der Waals surface area contributed by atoms with Crippen molar-refractivity contribution in [1.82, 2.24) is 10.3 Å². The number of para-hydroxylation sites is 1. The van der Waals surface area contributed by atoms with Gasteiger partial charge in [0.25, 0.3) is 0 Å². The molecule has 2 aromatic rings. The number of benzene rings is 1. The monoisotopic (exact) mass is 420 g/mol. The van der Waals surface area contributed by atoms with Gasteiger partial charge in [0.15, 0.2) is 11.5 Å². The Kier molecular flexibility index (Phi) is 11.1. The Morgan fingerprint density at radius 2 is 1.90 bits per heavy atom. The topological polar surface area (TPSA) is 89.9 Å². The summed E-state index contributed by atoms with van der Waals surface area (Å²) in [6.07, 6.45) is 2.40. The molecule has 7 nitrogen and oxygen atoms in total. The second-order valence-electron chi connectivity index (χ2n) is 6.02. The van der Waals surface area contributed by atoms with Crippen molar-refractivity contribution in [2.75, 3.05) is 20.3 Å². The molecule has 158 valence electrons. The highest BCUT2D eigenvalue weighted by Gasteiger charge is 2.15. The van der Waals surface area contributed by atoms with E-state index in [1.807, 2.05) is 30.3 Å². The van der Waals surface area contributed by atoms with Gasteiger partial charge in [0, 0.05) is 12.3 Å². The molecular formula is C21H28N2O5S. The molecular weight excluding hydrogens is 392 g/mol. The van der Waals surface area contributed by atoms with E-state index in [0.717, 1.165) is 0 Å². The average Bonchev–Trinajstić information content (AvgIpc) is 2.72. The molecule has 8 heteroatoms. The quantitative estimate of drug-likeness (QED) is 0.496. The lowest BCUT2D eigenvalue weighted by atomic mass is 10.3. The number of nitrogens with one attached hydrogen (secondary N) is 1. The van der Waals surface area contributed by atoms with Crippen LogP contribution >= 0.6 is 12.2 Å². The fourth-order valence-corrected chi connectivity index (χ4v) is 2.25. The first-order valence-corrected chi connectivity index (χ1v) is 9.71.